The number of hydrogen-bond donors (Lipinski definition) is 1. The van der Waals surface area contributed by atoms with Crippen molar-refractivity contribution in [2.75, 3.05) is 26.2 Å². The molecule has 0 bridgehead atoms. The molecule has 1 saturated heterocycles. The second kappa shape index (κ2) is 10.2. The minimum atomic E-state index is -0.0465. The lowest BCUT2D eigenvalue weighted by Gasteiger charge is -2.33. The fourth-order valence-electron chi connectivity index (χ4n) is 3.49. The van der Waals surface area contributed by atoms with E-state index in [-0.39, 0.29) is 18.4 Å². The predicted molar refractivity (Wildman–Crippen MR) is 121 cm³/mol. The van der Waals surface area contributed by atoms with Crippen molar-refractivity contribution in [2.24, 2.45) is 0 Å². The summed E-state index contributed by atoms with van der Waals surface area (Å²) in [5, 5.41) is 6.40. The van der Waals surface area contributed by atoms with Crippen molar-refractivity contribution >= 4 is 28.8 Å². The summed E-state index contributed by atoms with van der Waals surface area (Å²) < 4.78 is 5.84. The quantitative estimate of drug-likeness (QED) is 0.601. The lowest BCUT2D eigenvalue weighted by Crippen LogP contribution is -2.47. The Morgan fingerprint density at radius 1 is 1.20 bits per heavy atom. The number of aromatic nitrogens is 1. The van der Waals surface area contributed by atoms with Crippen LogP contribution >= 0.6 is 22.9 Å². The molecule has 1 aliphatic heterocycles. The lowest BCUT2D eigenvalue weighted by molar-refractivity contribution is -0.121. The van der Waals surface area contributed by atoms with E-state index in [9.17, 15) is 4.79 Å². The number of nitrogens with zero attached hydrogens (tertiary/aromatic N) is 2. The third kappa shape index (κ3) is 5.67. The average molecular weight is 442 g/mol. The van der Waals surface area contributed by atoms with Gasteiger partial charge in [0.25, 0.3) is 0 Å². The van der Waals surface area contributed by atoms with Gasteiger partial charge in [0, 0.05) is 37.1 Å². The summed E-state index contributed by atoms with van der Waals surface area (Å²) in [7, 11) is 0. The van der Waals surface area contributed by atoms with Crippen molar-refractivity contribution in [1.82, 2.24) is 15.2 Å². The third-order valence-electron chi connectivity index (χ3n) is 5.00. The standard InChI is InChI=1S/C23H24ClN3O2S/c24-21-9-5-4-8-20(21)23-26-18(16-30-23)12-22(28)25-13-19-15-27(10-11-29-19)14-17-6-2-1-3-7-17/h1-9,16,19H,10-15H2,(H,25,28)/t19-/m0/s1. The highest BCUT2D eigenvalue weighted by Gasteiger charge is 2.21. The van der Waals surface area contributed by atoms with E-state index in [2.05, 4.69) is 39.5 Å². The topological polar surface area (TPSA) is 54.5 Å². The molecular weight excluding hydrogens is 418 g/mol. The smallest absolute Gasteiger partial charge is 0.226 e. The number of amides is 1. The number of ether oxygens (including phenoxy) is 1. The van der Waals surface area contributed by atoms with Gasteiger partial charge in [-0.1, -0.05) is 60.1 Å². The lowest BCUT2D eigenvalue weighted by atomic mass is 10.2. The van der Waals surface area contributed by atoms with Crippen LogP contribution in [0.25, 0.3) is 10.6 Å². The van der Waals surface area contributed by atoms with Crippen LogP contribution in [0.3, 0.4) is 0 Å². The molecule has 0 saturated carbocycles. The Morgan fingerprint density at radius 2 is 2.00 bits per heavy atom. The van der Waals surface area contributed by atoms with Crippen LogP contribution in [0.2, 0.25) is 5.02 Å². The number of thiazole rings is 1. The van der Waals surface area contributed by atoms with Gasteiger partial charge in [-0.25, -0.2) is 4.98 Å². The van der Waals surface area contributed by atoms with Gasteiger partial charge >= 0.3 is 0 Å². The first-order valence-corrected chi connectivity index (χ1v) is 11.3. The van der Waals surface area contributed by atoms with Crippen LogP contribution in [0.5, 0.6) is 0 Å². The summed E-state index contributed by atoms with van der Waals surface area (Å²) in [5.41, 5.74) is 2.94. The van der Waals surface area contributed by atoms with Gasteiger partial charge in [0.15, 0.2) is 0 Å². The molecule has 0 aliphatic carbocycles. The molecule has 1 fully saturated rings. The summed E-state index contributed by atoms with van der Waals surface area (Å²) in [4.78, 5) is 19.3. The molecule has 1 amide bonds. The average Bonchev–Trinajstić information content (AvgIpc) is 3.22. The molecule has 2 aromatic carbocycles. The van der Waals surface area contributed by atoms with Gasteiger partial charge in [0.1, 0.15) is 5.01 Å². The summed E-state index contributed by atoms with van der Waals surface area (Å²) in [6.45, 7) is 3.80. The molecule has 1 aromatic heterocycles. The van der Waals surface area contributed by atoms with E-state index in [1.54, 1.807) is 0 Å². The van der Waals surface area contributed by atoms with E-state index in [1.165, 1.54) is 16.9 Å². The Bertz CT molecular complexity index is 979. The Morgan fingerprint density at radius 3 is 2.83 bits per heavy atom. The second-order valence-corrected chi connectivity index (χ2v) is 8.58. The van der Waals surface area contributed by atoms with Crippen molar-refractivity contribution < 1.29 is 9.53 Å². The molecule has 4 rings (SSSR count). The molecule has 2 heterocycles. The van der Waals surface area contributed by atoms with Crippen LogP contribution in [-0.2, 0) is 22.5 Å². The molecule has 0 spiro atoms. The van der Waals surface area contributed by atoms with Gasteiger partial charge in [-0.2, -0.15) is 0 Å². The van der Waals surface area contributed by atoms with Crippen molar-refractivity contribution in [2.45, 2.75) is 19.1 Å². The molecule has 1 aliphatic rings. The van der Waals surface area contributed by atoms with Crippen LogP contribution < -0.4 is 5.32 Å². The number of carbonyl (C=O) groups excluding carboxylic acids is 1. The first-order chi connectivity index (χ1) is 14.7. The van der Waals surface area contributed by atoms with Crippen LogP contribution in [0.1, 0.15) is 11.3 Å². The SMILES string of the molecule is O=C(Cc1csc(-c2ccccc2Cl)n1)NC[C@H]1CN(Cc2ccccc2)CCO1. The fraction of sp³-hybridized carbons (Fsp3) is 0.304. The summed E-state index contributed by atoms with van der Waals surface area (Å²) >= 11 is 7.74. The second-order valence-electron chi connectivity index (χ2n) is 7.32. The van der Waals surface area contributed by atoms with Crippen molar-refractivity contribution in [3.8, 4) is 10.6 Å². The van der Waals surface area contributed by atoms with Crippen molar-refractivity contribution in [3.63, 3.8) is 0 Å². The van der Waals surface area contributed by atoms with E-state index >= 15 is 0 Å². The largest absolute Gasteiger partial charge is 0.374 e. The van der Waals surface area contributed by atoms with Gasteiger partial charge in [-0.05, 0) is 11.6 Å². The van der Waals surface area contributed by atoms with Crippen LogP contribution in [0.4, 0.5) is 0 Å². The monoisotopic (exact) mass is 441 g/mol. The van der Waals surface area contributed by atoms with E-state index < -0.39 is 0 Å². The van der Waals surface area contributed by atoms with Crippen LogP contribution in [-0.4, -0.2) is 48.1 Å². The van der Waals surface area contributed by atoms with Gasteiger partial charge in [-0.3, -0.25) is 9.69 Å². The van der Waals surface area contributed by atoms with Gasteiger partial charge in [0.05, 0.1) is 29.8 Å². The summed E-state index contributed by atoms with van der Waals surface area (Å²) in [6, 6.07) is 18.0. The Hall–Kier alpha value is -2.25. The van der Waals surface area contributed by atoms with Crippen molar-refractivity contribution in [3.05, 3.63) is 76.3 Å². The van der Waals surface area contributed by atoms with E-state index in [0.29, 0.717) is 18.2 Å². The van der Waals surface area contributed by atoms with E-state index in [4.69, 9.17) is 16.3 Å². The molecule has 0 radical (unpaired) electrons. The van der Waals surface area contributed by atoms with E-state index in [1.807, 2.05) is 35.7 Å². The maximum Gasteiger partial charge on any atom is 0.226 e. The zero-order chi connectivity index (χ0) is 20.8. The maximum atomic E-state index is 12.4. The molecular formula is C23H24ClN3O2S. The Balaban J connectivity index is 1.25. The van der Waals surface area contributed by atoms with E-state index in [0.717, 1.165) is 35.9 Å². The number of carbonyl (C=O) groups is 1. The molecule has 0 unspecified atom stereocenters. The Labute approximate surface area is 185 Å². The number of rotatable bonds is 7. The molecule has 5 nitrogen and oxygen atoms in total. The number of halogens is 1. The number of benzene rings is 2. The van der Waals surface area contributed by atoms with Crippen LogP contribution in [0.15, 0.2) is 60.0 Å². The van der Waals surface area contributed by atoms with Gasteiger partial charge in [0.2, 0.25) is 5.91 Å². The zero-order valence-electron chi connectivity index (χ0n) is 16.6. The molecule has 156 valence electrons. The minimum Gasteiger partial charge on any atom is -0.374 e. The first kappa shape index (κ1) is 21.0. The Kier molecular flexibility index (Phi) is 7.12. The molecule has 30 heavy (non-hydrogen) atoms. The van der Waals surface area contributed by atoms with Crippen molar-refractivity contribution in [1.29, 1.82) is 0 Å². The molecule has 1 atom stereocenters. The number of nitrogens with one attached hydrogen (secondary N) is 1. The minimum absolute atomic E-state index is 0.000493. The molecule has 3 aromatic rings. The van der Waals surface area contributed by atoms with Crippen LogP contribution in [0, 0.1) is 0 Å². The third-order valence-corrected chi connectivity index (χ3v) is 6.25. The highest BCUT2D eigenvalue weighted by Crippen LogP contribution is 2.30. The zero-order valence-corrected chi connectivity index (χ0v) is 18.2. The molecule has 7 heteroatoms. The fourth-order valence-corrected chi connectivity index (χ4v) is 4.63. The van der Waals surface area contributed by atoms with Gasteiger partial charge in [-0.15, -0.1) is 11.3 Å². The molecule has 1 N–H and O–H groups in total. The van der Waals surface area contributed by atoms with Gasteiger partial charge < -0.3 is 10.1 Å². The number of morpholine rings is 1. The first-order valence-electron chi connectivity index (χ1n) is 10.0. The normalized spacial score (nSPS) is 17.0. The highest BCUT2D eigenvalue weighted by atomic mass is 35.5. The highest BCUT2D eigenvalue weighted by molar-refractivity contribution is 7.13. The summed E-state index contributed by atoms with van der Waals surface area (Å²) in [5.74, 6) is -0.0465. The number of hydrogen-bond acceptors (Lipinski definition) is 5. The summed E-state index contributed by atoms with van der Waals surface area (Å²) in [6.07, 6.45) is 0.252. The predicted octanol–water partition coefficient (Wildman–Crippen LogP) is 4.02. The maximum absolute atomic E-state index is 12.4.